The van der Waals surface area contributed by atoms with E-state index in [9.17, 15) is 9.59 Å². The second-order valence-corrected chi connectivity index (χ2v) is 6.82. The molecule has 5 heteroatoms. The number of nitrogens with one attached hydrogen (secondary N) is 1. The van der Waals surface area contributed by atoms with E-state index in [1.807, 2.05) is 45.0 Å². The van der Waals surface area contributed by atoms with Gasteiger partial charge in [-0.2, -0.15) is 0 Å². The third kappa shape index (κ3) is 2.73. The van der Waals surface area contributed by atoms with Crippen LogP contribution in [0.15, 0.2) is 28.7 Å². The standard InChI is InChI=1S/C15H18BrNO3/c1-8(9-5-4-6-10(16)7-9)17-13(18)11-12(14(19)20)15(11,2)3/h4-8,11-12H,1-3H3,(H,17,18)(H,19,20). The molecule has 1 amide bonds. The minimum Gasteiger partial charge on any atom is -0.481 e. The molecule has 1 aromatic carbocycles. The number of carboxylic acid groups (broad SMARTS) is 1. The number of carboxylic acids is 1. The third-order valence-corrected chi connectivity index (χ3v) is 4.58. The van der Waals surface area contributed by atoms with Gasteiger partial charge in [-0.15, -0.1) is 0 Å². The molecule has 4 nitrogen and oxygen atoms in total. The van der Waals surface area contributed by atoms with Crippen LogP contribution in [0.25, 0.3) is 0 Å². The molecule has 0 heterocycles. The summed E-state index contributed by atoms with van der Waals surface area (Å²) in [4.78, 5) is 23.3. The van der Waals surface area contributed by atoms with Gasteiger partial charge < -0.3 is 10.4 Å². The molecule has 3 unspecified atom stereocenters. The van der Waals surface area contributed by atoms with E-state index in [1.54, 1.807) is 0 Å². The number of rotatable bonds is 4. The summed E-state index contributed by atoms with van der Waals surface area (Å²) < 4.78 is 0.950. The summed E-state index contributed by atoms with van der Waals surface area (Å²) in [7, 11) is 0. The fourth-order valence-corrected chi connectivity index (χ4v) is 3.17. The van der Waals surface area contributed by atoms with Gasteiger partial charge in [0.1, 0.15) is 0 Å². The number of hydrogen-bond donors (Lipinski definition) is 2. The highest BCUT2D eigenvalue weighted by atomic mass is 79.9. The van der Waals surface area contributed by atoms with Gasteiger partial charge in [0.2, 0.25) is 5.91 Å². The van der Waals surface area contributed by atoms with Crippen LogP contribution in [-0.4, -0.2) is 17.0 Å². The first-order valence-corrected chi connectivity index (χ1v) is 7.33. The Hall–Kier alpha value is -1.36. The van der Waals surface area contributed by atoms with Crippen molar-refractivity contribution in [2.45, 2.75) is 26.8 Å². The lowest BCUT2D eigenvalue weighted by Gasteiger charge is -2.15. The largest absolute Gasteiger partial charge is 0.481 e. The molecule has 1 aliphatic rings. The van der Waals surface area contributed by atoms with Gasteiger partial charge in [0.05, 0.1) is 17.9 Å². The van der Waals surface area contributed by atoms with E-state index >= 15 is 0 Å². The van der Waals surface area contributed by atoms with Gasteiger partial charge in [0.25, 0.3) is 0 Å². The van der Waals surface area contributed by atoms with Crippen LogP contribution >= 0.6 is 15.9 Å². The van der Waals surface area contributed by atoms with Crippen molar-refractivity contribution in [3.05, 3.63) is 34.3 Å². The van der Waals surface area contributed by atoms with E-state index < -0.39 is 23.2 Å². The summed E-state index contributed by atoms with van der Waals surface area (Å²) in [5.41, 5.74) is 0.519. The lowest BCUT2D eigenvalue weighted by atomic mass is 10.1. The molecule has 0 aromatic heterocycles. The summed E-state index contributed by atoms with van der Waals surface area (Å²) in [6.07, 6.45) is 0. The highest BCUT2D eigenvalue weighted by molar-refractivity contribution is 9.10. The van der Waals surface area contributed by atoms with Crippen LogP contribution in [0.2, 0.25) is 0 Å². The lowest BCUT2D eigenvalue weighted by molar-refractivity contribution is -0.140. The van der Waals surface area contributed by atoms with Crippen LogP contribution in [0, 0.1) is 17.3 Å². The summed E-state index contributed by atoms with van der Waals surface area (Å²) in [5, 5.41) is 12.0. The van der Waals surface area contributed by atoms with Crippen molar-refractivity contribution in [1.82, 2.24) is 5.32 Å². The van der Waals surface area contributed by atoms with Crippen molar-refractivity contribution < 1.29 is 14.7 Å². The Morgan fingerprint density at radius 2 is 2.00 bits per heavy atom. The molecular weight excluding hydrogens is 322 g/mol. The zero-order valence-electron chi connectivity index (χ0n) is 11.7. The fourth-order valence-electron chi connectivity index (χ4n) is 2.75. The number of benzene rings is 1. The van der Waals surface area contributed by atoms with Crippen LogP contribution in [-0.2, 0) is 9.59 Å². The number of carbonyl (C=O) groups is 2. The first kappa shape index (κ1) is 15.0. The molecule has 2 rings (SSSR count). The van der Waals surface area contributed by atoms with E-state index in [2.05, 4.69) is 21.2 Å². The highest BCUT2D eigenvalue weighted by Gasteiger charge is 2.65. The minimum absolute atomic E-state index is 0.147. The van der Waals surface area contributed by atoms with Crippen LogP contribution in [0.3, 0.4) is 0 Å². The van der Waals surface area contributed by atoms with Gasteiger partial charge in [-0.25, -0.2) is 0 Å². The van der Waals surface area contributed by atoms with Crippen LogP contribution in [0.1, 0.15) is 32.4 Å². The van der Waals surface area contributed by atoms with Gasteiger partial charge in [-0.1, -0.05) is 41.9 Å². The van der Waals surface area contributed by atoms with Crippen molar-refractivity contribution in [2.75, 3.05) is 0 Å². The Labute approximate surface area is 126 Å². The predicted octanol–water partition coefficient (Wildman–Crippen LogP) is 2.98. The Morgan fingerprint density at radius 3 is 2.50 bits per heavy atom. The van der Waals surface area contributed by atoms with Crippen molar-refractivity contribution in [3.63, 3.8) is 0 Å². The number of aliphatic carboxylic acids is 1. The van der Waals surface area contributed by atoms with Gasteiger partial charge >= 0.3 is 5.97 Å². The molecule has 1 saturated carbocycles. The van der Waals surface area contributed by atoms with Gasteiger partial charge in [-0.3, -0.25) is 9.59 Å². The molecule has 0 spiro atoms. The van der Waals surface area contributed by atoms with Gasteiger partial charge in [0, 0.05) is 4.47 Å². The molecule has 1 fully saturated rings. The molecule has 0 saturated heterocycles. The quantitative estimate of drug-likeness (QED) is 0.886. The molecule has 20 heavy (non-hydrogen) atoms. The second-order valence-electron chi connectivity index (χ2n) is 5.90. The Morgan fingerprint density at radius 1 is 1.35 bits per heavy atom. The van der Waals surface area contributed by atoms with Crippen molar-refractivity contribution in [2.24, 2.45) is 17.3 Å². The zero-order chi connectivity index (χ0) is 15.1. The number of carbonyl (C=O) groups excluding carboxylic acids is 1. The average Bonchev–Trinajstić information content (AvgIpc) is 2.92. The van der Waals surface area contributed by atoms with E-state index in [0.29, 0.717) is 0 Å². The van der Waals surface area contributed by atoms with Crippen LogP contribution < -0.4 is 5.32 Å². The normalized spacial score (nSPS) is 24.8. The van der Waals surface area contributed by atoms with E-state index in [0.717, 1.165) is 10.0 Å². The smallest absolute Gasteiger partial charge is 0.307 e. The highest BCUT2D eigenvalue weighted by Crippen LogP contribution is 2.58. The topological polar surface area (TPSA) is 66.4 Å². The third-order valence-electron chi connectivity index (χ3n) is 4.08. The number of amides is 1. The Balaban J connectivity index is 2.04. The Kier molecular flexibility index (Phi) is 3.91. The minimum atomic E-state index is -0.898. The molecule has 0 radical (unpaired) electrons. The van der Waals surface area contributed by atoms with E-state index in [-0.39, 0.29) is 11.9 Å². The maximum atomic E-state index is 12.2. The van der Waals surface area contributed by atoms with Gasteiger partial charge in [-0.05, 0) is 30.0 Å². The lowest BCUT2D eigenvalue weighted by Crippen LogP contribution is -2.30. The molecule has 3 atom stereocenters. The van der Waals surface area contributed by atoms with Gasteiger partial charge in [0.15, 0.2) is 0 Å². The molecular formula is C15H18BrNO3. The SMILES string of the molecule is CC(NC(=O)C1C(C(=O)O)C1(C)C)c1cccc(Br)c1. The van der Waals surface area contributed by atoms with Crippen molar-refractivity contribution in [1.29, 1.82) is 0 Å². The van der Waals surface area contributed by atoms with Crippen molar-refractivity contribution in [3.8, 4) is 0 Å². The summed E-state index contributed by atoms with van der Waals surface area (Å²) >= 11 is 3.39. The Bertz CT molecular complexity index is 556. The summed E-state index contributed by atoms with van der Waals surface area (Å²) in [5.74, 6) is -2.12. The number of halogens is 1. The monoisotopic (exact) mass is 339 g/mol. The zero-order valence-corrected chi connectivity index (χ0v) is 13.3. The molecule has 2 N–H and O–H groups in total. The molecule has 0 aliphatic heterocycles. The van der Waals surface area contributed by atoms with Crippen molar-refractivity contribution >= 4 is 27.8 Å². The first-order valence-electron chi connectivity index (χ1n) is 6.53. The predicted molar refractivity (Wildman–Crippen MR) is 79.1 cm³/mol. The van der Waals surface area contributed by atoms with E-state index in [4.69, 9.17) is 5.11 Å². The maximum Gasteiger partial charge on any atom is 0.307 e. The number of hydrogen-bond acceptors (Lipinski definition) is 2. The fraction of sp³-hybridized carbons (Fsp3) is 0.467. The first-order chi connectivity index (χ1) is 9.25. The molecule has 108 valence electrons. The van der Waals surface area contributed by atoms with E-state index in [1.165, 1.54) is 0 Å². The molecule has 1 aromatic rings. The second kappa shape index (κ2) is 5.20. The summed E-state index contributed by atoms with van der Waals surface area (Å²) in [6.45, 7) is 5.53. The van der Waals surface area contributed by atoms with Crippen LogP contribution in [0.5, 0.6) is 0 Å². The molecule has 1 aliphatic carbocycles. The molecule has 0 bridgehead atoms. The maximum absolute atomic E-state index is 12.2. The average molecular weight is 340 g/mol. The summed E-state index contributed by atoms with van der Waals surface area (Å²) in [6, 6.07) is 7.55. The van der Waals surface area contributed by atoms with Crippen LogP contribution in [0.4, 0.5) is 0 Å².